The lowest BCUT2D eigenvalue weighted by Crippen LogP contribution is -2.10. The number of aliphatic hydroxyl groups excluding tert-OH is 1. The van der Waals surface area contributed by atoms with E-state index in [0.717, 1.165) is 29.7 Å². The van der Waals surface area contributed by atoms with Gasteiger partial charge in [0.2, 0.25) is 0 Å². The van der Waals surface area contributed by atoms with Gasteiger partial charge in [0.05, 0.1) is 25.5 Å². The van der Waals surface area contributed by atoms with Gasteiger partial charge in [0.1, 0.15) is 12.4 Å². The Morgan fingerprint density at radius 3 is 2.83 bits per heavy atom. The van der Waals surface area contributed by atoms with Crippen LogP contribution in [0.5, 0.6) is 5.75 Å². The predicted octanol–water partition coefficient (Wildman–Crippen LogP) is 1.20. The lowest BCUT2D eigenvalue weighted by atomic mass is 10.1. The number of nitrogens with zero attached hydrogens (tertiary/aromatic N) is 1. The van der Waals surface area contributed by atoms with E-state index in [9.17, 15) is 0 Å². The molecule has 0 unspecified atom stereocenters. The first kappa shape index (κ1) is 12.9. The summed E-state index contributed by atoms with van der Waals surface area (Å²) < 4.78 is 10.8. The number of rotatable bonds is 6. The number of oxime groups is 1. The monoisotopic (exact) mass is 251 g/mol. The van der Waals surface area contributed by atoms with Crippen LogP contribution >= 0.6 is 0 Å². The number of hydrogen-bond acceptors (Lipinski definition) is 5. The molecule has 1 aromatic rings. The van der Waals surface area contributed by atoms with Crippen LogP contribution in [0.15, 0.2) is 23.4 Å². The van der Waals surface area contributed by atoms with Crippen LogP contribution in [0.3, 0.4) is 0 Å². The second-order valence-corrected chi connectivity index (χ2v) is 4.01. The summed E-state index contributed by atoms with van der Waals surface area (Å²) in [5, 5.41) is 20.7. The summed E-state index contributed by atoms with van der Waals surface area (Å²) in [6, 6.07) is 5.73. The molecule has 0 radical (unpaired) electrons. The van der Waals surface area contributed by atoms with Gasteiger partial charge in [-0.05, 0) is 18.9 Å². The van der Waals surface area contributed by atoms with Crippen LogP contribution in [-0.2, 0) is 11.2 Å². The Bertz CT molecular complexity index is 431. The second-order valence-electron chi connectivity index (χ2n) is 4.01. The van der Waals surface area contributed by atoms with Gasteiger partial charge in [-0.2, -0.15) is 0 Å². The fourth-order valence-corrected chi connectivity index (χ4v) is 2.09. The van der Waals surface area contributed by atoms with Crippen LogP contribution < -0.4 is 4.74 Å². The second kappa shape index (κ2) is 6.37. The first-order valence-electron chi connectivity index (χ1n) is 6.01. The molecule has 0 heterocycles. The zero-order valence-corrected chi connectivity index (χ0v) is 10.1. The number of ether oxygens (including phenoxy) is 2. The summed E-state index contributed by atoms with van der Waals surface area (Å²) in [7, 11) is 0. The van der Waals surface area contributed by atoms with Crippen LogP contribution in [0.4, 0.5) is 0 Å². The molecular weight excluding hydrogens is 234 g/mol. The van der Waals surface area contributed by atoms with E-state index in [0.29, 0.717) is 25.5 Å². The van der Waals surface area contributed by atoms with Crippen LogP contribution in [-0.4, -0.2) is 42.5 Å². The van der Waals surface area contributed by atoms with E-state index in [1.165, 1.54) is 0 Å². The molecule has 0 saturated heterocycles. The van der Waals surface area contributed by atoms with Crippen molar-refractivity contribution >= 4 is 5.71 Å². The Labute approximate surface area is 106 Å². The van der Waals surface area contributed by atoms with Crippen LogP contribution in [0.1, 0.15) is 17.5 Å². The van der Waals surface area contributed by atoms with Gasteiger partial charge >= 0.3 is 0 Å². The Balaban J connectivity index is 1.96. The molecule has 0 atom stereocenters. The lowest BCUT2D eigenvalue weighted by Gasteiger charge is -2.10. The minimum Gasteiger partial charge on any atom is -0.491 e. The lowest BCUT2D eigenvalue weighted by molar-refractivity contribution is 0.0703. The molecule has 0 amide bonds. The van der Waals surface area contributed by atoms with Crippen LogP contribution in [0.2, 0.25) is 0 Å². The van der Waals surface area contributed by atoms with Gasteiger partial charge in [0, 0.05) is 11.1 Å². The molecule has 1 aliphatic rings. The van der Waals surface area contributed by atoms with E-state index in [-0.39, 0.29) is 6.61 Å². The highest BCUT2D eigenvalue weighted by atomic mass is 16.5. The molecule has 5 nitrogen and oxygen atoms in total. The Kier molecular flexibility index (Phi) is 4.55. The minimum atomic E-state index is 0.0249. The fourth-order valence-electron chi connectivity index (χ4n) is 2.09. The summed E-state index contributed by atoms with van der Waals surface area (Å²) in [5.74, 6) is 0.818. The highest BCUT2D eigenvalue weighted by molar-refractivity contribution is 6.04. The smallest absolute Gasteiger partial charge is 0.123 e. The fraction of sp³-hybridized carbons (Fsp3) is 0.462. The molecule has 0 bridgehead atoms. The van der Waals surface area contributed by atoms with Crippen molar-refractivity contribution < 1.29 is 19.8 Å². The molecule has 18 heavy (non-hydrogen) atoms. The molecule has 0 fully saturated rings. The van der Waals surface area contributed by atoms with Crippen LogP contribution in [0, 0.1) is 0 Å². The largest absolute Gasteiger partial charge is 0.491 e. The average molecular weight is 251 g/mol. The number of hydrogen-bond donors (Lipinski definition) is 2. The summed E-state index contributed by atoms with van der Waals surface area (Å²) in [4.78, 5) is 0. The molecule has 0 aromatic heterocycles. The Hall–Kier alpha value is -1.59. The first-order valence-corrected chi connectivity index (χ1v) is 6.01. The SMILES string of the molecule is OCCOCCOc1cccc2c1CCC2=NO. The van der Waals surface area contributed by atoms with Gasteiger partial charge < -0.3 is 19.8 Å². The maximum absolute atomic E-state index is 8.88. The van der Waals surface area contributed by atoms with E-state index < -0.39 is 0 Å². The van der Waals surface area contributed by atoms with Gasteiger partial charge in [0.25, 0.3) is 0 Å². The number of benzene rings is 1. The summed E-state index contributed by atoms with van der Waals surface area (Å²) >= 11 is 0. The molecule has 0 spiro atoms. The molecule has 1 aliphatic carbocycles. The number of fused-ring (bicyclic) bond motifs is 1. The standard InChI is InChI=1S/C13H17NO4/c15-6-7-17-8-9-18-13-3-1-2-10-11(13)4-5-12(10)14-16/h1-3,15-16H,4-9H2. The highest BCUT2D eigenvalue weighted by Crippen LogP contribution is 2.30. The van der Waals surface area contributed by atoms with Gasteiger partial charge in [-0.25, -0.2) is 0 Å². The van der Waals surface area contributed by atoms with Crippen molar-refractivity contribution in [3.05, 3.63) is 29.3 Å². The summed E-state index contributed by atoms with van der Waals surface area (Å²) in [5.41, 5.74) is 2.77. The zero-order valence-electron chi connectivity index (χ0n) is 10.1. The molecule has 98 valence electrons. The van der Waals surface area contributed by atoms with E-state index in [2.05, 4.69) is 5.16 Å². The molecular formula is C13H17NO4. The number of aliphatic hydroxyl groups is 1. The van der Waals surface area contributed by atoms with Crippen molar-refractivity contribution in [2.24, 2.45) is 5.16 Å². The molecule has 0 aliphatic heterocycles. The summed E-state index contributed by atoms with van der Waals surface area (Å²) in [6.45, 7) is 1.25. The maximum Gasteiger partial charge on any atom is 0.123 e. The highest BCUT2D eigenvalue weighted by Gasteiger charge is 2.21. The van der Waals surface area contributed by atoms with Crippen LogP contribution in [0.25, 0.3) is 0 Å². The Morgan fingerprint density at radius 1 is 1.17 bits per heavy atom. The maximum atomic E-state index is 8.88. The van der Waals surface area contributed by atoms with Crippen molar-refractivity contribution in [3.63, 3.8) is 0 Å². The first-order chi connectivity index (χ1) is 8.86. The predicted molar refractivity (Wildman–Crippen MR) is 66.5 cm³/mol. The molecule has 5 heteroatoms. The average Bonchev–Trinajstić information content (AvgIpc) is 2.82. The van der Waals surface area contributed by atoms with Crippen molar-refractivity contribution in [1.29, 1.82) is 0 Å². The normalized spacial score (nSPS) is 15.9. The molecule has 0 saturated carbocycles. The van der Waals surface area contributed by atoms with E-state index in [4.69, 9.17) is 19.8 Å². The van der Waals surface area contributed by atoms with Gasteiger partial charge in [0.15, 0.2) is 0 Å². The molecule has 1 aromatic carbocycles. The topological polar surface area (TPSA) is 71.3 Å². The summed E-state index contributed by atoms with van der Waals surface area (Å²) in [6.07, 6.45) is 1.58. The third kappa shape index (κ3) is 2.80. The minimum absolute atomic E-state index is 0.0249. The quantitative estimate of drug-likeness (QED) is 0.453. The van der Waals surface area contributed by atoms with Gasteiger partial charge in [-0.3, -0.25) is 0 Å². The zero-order chi connectivity index (χ0) is 12.8. The van der Waals surface area contributed by atoms with E-state index >= 15 is 0 Å². The molecule has 2 N–H and O–H groups in total. The van der Waals surface area contributed by atoms with E-state index in [1.54, 1.807) is 0 Å². The third-order valence-corrected chi connectivity index (χ3v) is 2.90. The van der Waals surface area contributed by atoms with Gasteiger partial charge in [-0.1, -0.05) is 17.3 Å². The third-order valence-electron chi connectivity index (χ3n) is 2.90. The van der Waals surface area contributed by atoms with E-state index in [1.807, 2.05) is 18.2 Å². The van der Waals surface area contributed by atoms with Gasteiger partial charge in [-0.15, -0.1) is 0 Å². The van der Waals surface area contributed by atoms with Crippen molar-refractivity contribution in [3.8, 4) is 5.75 Å². The molecule has 2 rings (SSSR count). The van der Waals surface area contributed by atoms with Crippen molar-refractivity contribution in [2.45, 2.75) is 12.8 Å². The van der Waals surface area contributed by atoms with Crippen molar-refractivity contribution in [1.82, 2.24) is 0 Å². The van der Waals surface area contributed by atoms with Crippen molar-refractivity contribution in [2.75, 3.05) is 26.4 Å². The Morgan fingerprint density at radius 2 is 2.06 bits per heavy atom.